The fraction of sp³-hybridized carbons (Fsp3) is 0.154. The van der Waals surface area contributed by atoms with E-state index in [0.717, 1.165) is 0 Å². The predicted molar refractivity (Wildman–Crippen MR) is 139 cm³/mol. The van der Waals surface area contributed by atoms with Gasteiger partial charge in [0.15, 0.2) is 12.4 Å². The number of nitrogens with zero attached hydrogens (tertiary/aromatic N) is 1. The molecule has 11 heteroatoms. The van der Waals surface area contributed by atoms with Gasteiger partial charge < -0.3 is 9.47 Å². The Morgan fingerprint density at radius 1 is 0.838 bits per heavy atom. The van der Waals surface area contributed by atoms with Crippen molar-refractivity contribution in [2.45, 2.75) is 12.5 Å². The number of carbonyl (C=O) groups is 4. The van der Waals surface area contributed by atoms with E-state index in [9.17, 15) is 19.2 Å². The normalized spacial score (nSPS) is 13.4. The van der Waals surface area contributed by atoms with Crippen molar-refractivity contribution in [1.82, 2.24) is 4.90 Å². The van der Waals surface area contributed by atoms with Crippen LogP contribution in [0.3, 0.4) is 0 Å². The third-order valence-corrected chi connectivity index (χ3v) is 7.53. The lowest BCUT2D eigenvalue weighted by Gasteiger charge is -2.24. The number of carbonyl (C=O) groups excluding carboxylic acids is 4. The van der Waals surface area contributed by atoms with Crippen molar-refractivity contribution in [3.8, 4) is 5.75 Å². The lowest BCUT2D eigenvalue weighted by Crippen LogP contribution is -2.47. The summed E-state index contributed by atoms with van der Waals surface area (Å²) in [4.78, 5) is 53.4. The van der Waals surface area contributed by atoms with Gasteiger partial charge in [0.2, 0.25) is 0 Å². The largest absolute Gasteiger partial charge is 0.497 e. The van der Waals surface area contributed by atoms with Crippen LogP contribution in [0.25, 0.3) is 0 Å². The van der Waals surface area contributed by atoms with Gasteiger partial charge in [0, 0.05) is 12.0 Å². The number of hydrogen-bond donors (Lipinski definition) is 0. The van der Waals surface area contributed by atoms with Crippen LogP contribution in [0.1, 0.15) is 36.6 Å². The zero-order chi connectivity index (χ0) is 26.9. The van der Waals surface area contributed by atoms with E-state index in [1.54, 1.807) is 48.5 Å². The topological polar surface area (TPSA) is 90.0 Å². The van der Waals surface area contributed by atoms with Gasteiger partial charge in [-0.3, -0.25) is 19.3 Å². The lowest BCUT2D eigenvalue weighted by molar-refractivity contribution is -0.147. The highest BCUT2D eigenvalue weighted by Crippen LogP contribution is 2.45. The van der Waals surface area contributed by atoms with Crippen LogP contribution < -0.4 is 4.74 Å². The average Bonchev–Trinajstić information content (AvgIpc) is 3.17. The number of amides is 2. The molecule has 1 heterocycles. The minimum Gasteiger partial charge on any atom is -0.497 e. The van der Waals surface area contributed by atoms with Crippen LogP contribution in [-0.2, 0) is 16.0 Å². The summed E-state index contributed by atoms with van der Waals surface area (Å²) >= 11 is 24.7. The van der Waals surface area contributed by atoms with Crippen LogP contribution >= 0.6 is 46.4 Å². The number of hydrogen-bond acceptors (Lipinski definition) is 6. The van der Waals surface area contributed by atoms with E-state index in [2.05, 4.69) is 0 Å². The van der Waals surface area contributed by atoms with E-state index in [0.29, 0.717) is 16.2 Å². The molecule has 1 atom stereocenters. The van der Waals surface area contributed by atoms with Gasteiger partial charge >= 0.3 is 5.97 Å². The third kappa shape index (κ3) is 5.18. The Bertz CT molecular complexity index is 1380. The van der Waals surface area contributed by atoms with Crippen molar-refractivity contribution in [2.24, 2.45) is 0 Å². The number of imide groups is 1. The molecule has 1 aliphatic heterocycles. The Labute approximate surface area is 231 Å². The van der Waals surface area contributed by atoms with Crippen LogP contribution in [-0.4, -0.2) is 48.2 Å². The number of ketones is 1. The molecule has 0 aromatic heterocycles. The van der Waals surface area contributed by atoms with E-state index in [1.165, 1.54) is 13.2 Å². The number of halogens is 4. The maximum Gasteiger partial charge on any atom is 0.330 e. The Balaban J connectivity index is 1.65. The van der Waals surface area contributed by atoms with E-state index < -0.39 is 36.2 Å². The molecular weight excluding hydrogens is 564 g/mol. The Morgan fingerprint density at radius 3 is 2.00 bits per heavy atom. The monoisotopic (exact) mass is 579 g/mol. The zero-order valence-electron chi connectivity index (χ0n) is 19.1. The van der Waals surface area contributed by atoms with Gasteiger partial charge in [-0.1, -0.05) is 88.9 Å². The van der Waals surface area contributed by atoms with Crippen LogP contribution in [0.5, 0.6) is 5.75 Å². The molecule has 0 fully saturated rings. The minimum atomic E-state index is -1.43. The van der Waals surface area contributed by atoms with Crippen LogP contribution in [0.4, 0.5) is 0 Å². The molecule has 2 amide bonds. The number of methoxy groups -OCH3 is 1. The molecule has 37 heavy (non-hydrogen) atoms. The Kier molecular flexibility index (Phi) is 8.09. The Hall–Kier alpha value is -3.10. The lowest BCUT2D eigenvalue weighted by atomic mass is 10.0. The van der Waals surface area contributed by atoms with E-state index in [1.807, 2.05) is 0 Å². The number of esters is 1. The predicted octanol–water partition coefficient (Wildman–Crippen LogP) is 5.94. The maximum absolute atomic E-state index is 13.4. The van der Waals surface area contributed by atoms with Gasteiger partial charge in [0.1, 0.15) is 11.8 Å². The number of ether oxygens (including phenoxy) is 2. The average molecular weight is 581 g/mol. The fourth-order valence-corrected chi connectivity index (χ4v) is 4.89. The van der Waals surface area contributed by atoms with Crippen LogP contribution in [0.15, 0.2) is 54.6 Å². The van der Waals surface area contributed by atoms with Gasteiger partial charge in [0.05, 0.1) is 38.3 Å². The van der Waals surface area contributed by atoms with Gasteiger partial charge in [0.25, 0.3) is 11.8 Å². The second-order valence-corrected chi connectivity index (χ2v) is 9.47. The molecule has 1 aliphatic rings. The molecule has 0 aliphatic carbocycles. The molecule has 0 unspecified atom stereocenters. The summed E-state index contributed by atoms with van der Waals surface area (Å²) < 4.78 is 10.4. The van der Waals surface area contributed by atoms with Crippen molar-refractivity contribution >= 4 is 70.0 Å². The van der Waals surface area contributed by atoms with Gasteiger partial charge in [-0.25, -0.2) is 4.79 Å². The van der Waals surface area contributed by atoms with Gasteiger partial charge in [-0.2, -0.15) is 0 Å². The second-order valence-electron chi connectivity index (χ2n) is 7.95. The first-order valence-corrected chi connectivity index (χ1v) is 12.3. The summed E-state index contributed by atoms with van der Waals surface area (Å²) in [5.41, 5.74) is 0.373. The summed E-state index contributed by atoms with van der Waals surface area (Å²) in [7, 11) is 1.46. The fourth-order valence-electron chi connectivity index (χ4n) is 3.88. The number of fused-ring (bicyclic) bond motifs is 1. The summed E-state index contributed by atoms with van der Waals surface area (Å²) in [6.07, 6.45) is -0.0881. The van der Waals surface area contributed by atoms with Crippen molar-refractivity contribution < 1.29 is 28.7 Å². The van der Waals surface area contributed by atoms with E-state index in [-0.39, 0.29) is 43.2 Å². The molecule has 0 radical (unpaired) electrons. The molecule has 7 nitrogen and oxygen atoms in total. The molecule has 0 N–H and O–H groups in total. The molecule has 0 spiro atoms. The highest BCUT2D eigenvalue weighted by atomic mass is 35.5. The number of Topliss-reactive ketones (excluding diaryl/α,β-unsaturated/α-hetero) is 1. The molecule has 190 valence electrons. The molecule has 0 saturated heterocycles. The smallest absolute Gasteiger partial charge is 0.330 e. The standard InChI is InChI=1S/C26H17Cl4NO6/c1-36-15-9-5-8-14(11-15)17(32)12-37-26(35)16(10-13-6-3-2-4-7-13)31-24(33)18-19(25(31)34)21(28)23(30)22(29)20(18)27/h2-9,11,16H,10,12H2,1H3/t16-/m1/s1. The highest BCUT2D eigenvalue weighted by molar-refractivity contribution is 6.55. The van der Waals surface area contributed by atoms with Gasteiger partial charge in [-0.15, -0.1) is 0 Å². The summed E-state index contributed by atoms with van der Waals surface area (Å²) in [5, 5.41) is -0.902. The minimum absolute atomic E-state index is 0.0881. The highest BCUT2D eigenvalue weighted by Gasteiger charge is 2.47. The maximum atomic E-state index is 13.4. The summed E-state index contributed by atoms with van der Waals surface area (Å²) in [6, 6.07) is 13.6. The van der Waals surface area contributed by atoms with Crippen LogP contribution in [0, 0.1) is 0 Å². The van der Waals surface area contributed by atoms with E-state index in [4.69, 9.17) is 55.9 Å². The van der Waals surface area contributed by atoms with Crippen LogP contribution in [0.2, 0.25) is 20.1 Å². The quantitative estimate of drug-likeness (QED) is 0.108. The first-order valence-electron chi connectivity index (χ1n) is 10.8. The molecule has 4 rings (SSSR count). The first-order chi connectivity index (χ1) is 17.6. The molecule has 0 saturated carbocycles. The summed E-state index contributed by atoms with van der Waals surface area (Å²) in [5.74, 6) is -2.79. The molecule has 3 aromatic rings. The summed E-state index contributed by atoms with van der Waals surface area (Å²) in [6.45, 7) is -0.625. The second kappa shape index (κ2) is 11.1. The Morgan fingerprint density at radius 2 is 1.43 bits per heavy atom. The number of benzene rings is 3. The van der Waals surface area contributed by atoms with Gasteiger partial charge in [-0.05, 0) is 17.7 Å². The van der Waals surface area contributed by atoms with E-state index >= 15 is 0 Å². The molecule has 0 bridgehead atoms. The third-order valence-electron chi connectivity index (χ3n) is 5.73. The zero-order valence-corrected chi connectivity index (χ0v) is 22.1. The molecule has 3 aromatic carbocycles. The first kappa shape index (κ1) is 26.9. The van der Waals surface area contributed by atoms with Crippen molar-refractivity contribution in [3.05, 3.63) is 96.9 Å². The molecular formula is C26H17Cl4NO6. The van der Waals surface area contributed by atoms with Crippen molar-refractivity contribution in [1.29, 1.82) is 0 Å². The van der Waals surface area contributed by atoms with Crippen molar-refractivity contribution in [3.63, 3.8) is 0 Å². The SMILES string of the molecule is COc1cccc(C(=O)COC(=O)[C@@H](Cc2ccccc2)N2C(=O)c3c(Cl)c(Cl)c(Cl)c(Cl)c3C2=O)c1. The number of rotatable bonds is 8. The van der Waals surface area contributed by atoms with Crippen molar-refractivity contribution in [2.75, 3.05) is 13.7 Å².